The minimum absolute atomic E-state index is 0.186. The summed E-state index contributed by atoms with van der Waals surface area (Å²) in [7, 11) is 1.75. The maximum absolute atomic E-state index is 11.9. The zero-order chi connectivity index (χ0) is 13.3. The highest BCUT2D eigenvalue weighted by Gasteiger charge is 2.38. The Hall–Kier alpha value is -0.810. The molecule has 5 heteroatoms. The van der Waals surface area contributed by atoms with Crippen LogP contribution in [-0.4, -0.2) is 66.9 Å². The quantitative estimate of drug-likeness (QED) is 0.747. The summed E-state index contributed by atoms with van der Waals surface area (Å²) in [5.41, 5.74) is -0.410. The molecule has 1 atom stereocenters. The minimum atomic E-state index is -0.410. The van der Waals surface area contributed by atoms with Gasteiger partial charge in [-0.1, -0.05) is 0 Å². The molecule has 0 aromatic heterocycles. The van der Waals surface area contributed by atoms with Gasteiger partial charge in [-0.3, -0.25) is 4.90 Å². The van der Waals surface area contributed by atoms with Crippen molar-refractivity contribution in [1.29, 1.82) is 0 Å². The largest absolute Gasteiger partial charge is 0.444 e. The van der Waals surface area contributed by atoms with Gasteiger partial charge in [0.15, 0.2) is 0 Å². The molecule has 0 aliphatic carbocycles. The fraction of sp³-hybridized carbons (Fsp3) is 0.923. The first-order valence-corrected chi connectivity index (χ1v) is 6.64. The second kappa shape index (κ2) is 5.05. The van der Waals surface area contributed by atoms with Crippen LogP contribution >= 0.6 is 0 Å². The minimum Gasteiger partial charge on any atom is -0.444 e. The molecule has 2 aliphatic rings. The Morgan fingerprint density at radius 3 is 2.44 bits per heavy atom. The van der Waals surface area contributed by atoms with Crippen molar-refractivity contribution in [3.05, 3.63) is 0 Å². The molecule has 2 heterocycles. The third kappa shape index (κ3) is 3.14. The lowest BCUT2D eigenvalue weighted by Gasteiger charge is -2.42. The molecule has 18 heavy (non-hydrogen) atoms. The number of carbonyl (C=O) groups is 1. The lowest BCUT2D eigenvalue weighted by Crippen LogP contribution is -2.56. The standard InChI is InChI=1S/C13H24N2O3/c1-13(2,3)18-12(16)14-6-5-10(7-14)15-8-11(9-15)17-4/h10-11H,5-9H2,1-4H3/t10-/m0/s1. The summed E-state index contributed by atoms with van der Waals surface area (Å²) < 4.78 is 10.7. The number of amides is 1. The highest BCUT2D eigenvalue weighted by molar-refractivity contribution is 5.68. The number of nitrogens with zero attached hydrogens (tertiary/aromatic N) is 2. The predicted octanol–water partition coefficient (Wildman–Crippen LogP) is 1.33. The molecule has 2 fully saturated rings. The fourth-order valence-electron chi connectivity index (χ4n) is 2.45. The van der Waals surface area contributed by atoms with Crippen molar-refractivity contribution in [2.75, 3.05) is 33.3 Å². The molecular formula is C13H24N2O3. The zero-order valence-corrected chi connectivity index (χ0v) is 11.8. The van der Waals surface area contributed by atoms with E-state index in [1.54, 1.807) is 7.11 Å². The van der Waals surface area contributed by atoms with Crippen LogP contribution in [0.25, 0.3) is 0 Å². The number of carbonyl (C=O) groups excluding carboxylic acids is 1. The maximum atomic E-state index is 11.9. The van der Waals surface area contributed by atoms with Crippen LogP contribution in [0.1, 0.15) is 27.2 Å². The number of hydrogen-bond acceptors (Lipinski definition) is 4. The van der Waals surface area contributed by atoms with Crippen LogP contribution in [-0.2, 0) is 9.47 Å². The normalized spacial score (nSPS) is 26.2. The molecule has 0 aromatic rings. The van der Waals surface area contributed by atoms with Gasteiger partial charge in [0, 0.05) is 39.3 Å². The summed E-state index contributed by atoms with van der Waals surface area (Å²) in [5, 5.41) is 0. The van der Waals surface area contributed by atoms with Crippen molar-refractivity contribution in [1.82, 2.24) is 9.80 Å². The van der Waals surface area contributed by atoms with E-state index in [9.17, 15) is 4.79 Å². The molecule has 0 spiro atoms. The van der Waals surface area contributed by atoms with Crippen molar-refractivity contribution < 1.29 is 14.3 Å². The highest BCUT2D eigenvalue weighted by atomic mass is 16.6. The smallest absolute Gasteiger partial charge is 0.410 e. The molecule has 0 saturated carbocycles. The van der Waals surface area contributed by atoms with Gasteiger partial charge in [0.05, 0.1) is 6.10 Å². The average Bonchev–Trinajstić information content (AvgIpc) is 2.62. The Morgan fingerprint density at radius 1 is 1.22 bits per heavy atom. The van der Waals surface area contributed by atoms with Crippen molar-refractivity contribution >= 4 is 6.09 Å². The summed E-state index contributed by atoms with van der Waals surface area (Å²) in [6.45, 7) is 9.26. The van der Waals surface area contributed by atoms with Crippen molar-refractivity contribution in [3.63, 3.8) is 0 Å². The lowest BCUT2D eigenvalue weighted by atomic mass is 10.1. The second-order valence-corrected chi connectivity index (χ2v) is 6.18. The van der Waals surface area contributed by atoms with E-state index >= 15 is 0 Å². The van der Waals surface area contributed by atoms with E-state index in [0.29, 0.717) is 12.1 Å². The van der Waals surface area contributed by atoms with Gasteiger partial charge in [0.2, 0.25) is 0 Å². The Balaban J connectivity index is 1.77. The second-order valence-electron chi connectivity index (χ2n) is 6.18. The molecule has 5 nitrogen and oxygen atoms in total. The summed E-state index contributed by atoms with van der Waals surface area (Å²) in [4.78, 5) is 16.1. The molecular weight excluding hydrogens is 232 g/mol. The summed E-state index contributed by atoms with van der Waals surface area (Å²) in [5.74, 6) is 0. The first-order valence-electron chi connectivity index (χ1n) is 6.64. The molecule has 1 amide bonds. The third-order valence-electron chi connectivity index (χ3n) is 3.54. The van der Waals surface area contributed by atoms with Gasteiger partial charge >= 0.3 is 6.09 Å². The average molecular weight is 256 g/mol. The fourth-order valence-corrected chi connectivity index (χ4v) is 2.45. The van der Waals surface area contributed by atoms with Crippen molar-refractivity contribution in [2.24, 2.45) is 0 Å². The maximum Gasteiger partial charge on any atom is 0.410 e. The molecule has 0 aromatic carbocycles. The van der Waals surface area contributed by atoms with Crippen molar-refractivity contribution in [3.8, 4) is 0 Å². The summed E-state index contributed by atoms with van der Waals surface area (Å²) >= 11 is 0. The van der Waals surface area contributed by atoms with E-state index < -0.39 is 5.60 Å². The first-order chi connectivity index (χ1) is 8.39. The molecule has 2 aliphatic heterocycles. The Morgan fingerprint density at radius 2 is 1.89 bits per heavy atom. The van der Waals surface area contributed by atoms with Crippen LogP contribution in [0.2, 0.25) is 0 Å². The molecule has 0 N–H and O–H groups in total. The van der Waals surface area contributed by atoms with Crippen LogP contribution in [0, 0.1) is 0 Å². The molecule has 0 bridgehead atoms. The molecule has 2 rings (SSSR count). The predicted molar refractivity (Wildman–Crippen MR) is 68.6 cm³/mol. The van der Waals surface area contributed by atoms with Gasteiger partial charge in [-0.05, 0) is 27.2 Å². The van der Waals surface area contributed by atoms with Crippen LogP contribution in [0.5, 0.6) is 0 Å². The number of ether oxygens (including phenoxy) is 2. The van der Waals surface area contributed by atoms with E-state index in [2.05, 4.69) is 4.90 Å². The number of likely N-dealkylation sites (tertiary alicyclic amines) is 2. The summed E-state index contributed by atoms with van der Waals surface area (Å²) in [6, 6.07) is 0.476. The monoisotopic (exact) mass is 256 g/mol. The van der Waals surface area contributed by atoms with E-state index in [-0.39, 0.29) is 6.09 Å². The number of hydrogen-bond donors (Lipinski definition) is 0. The third-order valence-corrected chi connectivity index (χ3v) is 3.54. The topological polar surface area (TPSA) is 42.0 Å². The van der Waals surface area contributed by atoms with Gasteiger partial charge < -0.3 is 14.4 Å². The van der Waals surface area contributed by atoms with Crippen LogP contribution in [0.15, 0.2) is 0 Å². The SMILES string of the molecule is COC1CN([C@H]2CCN(C(=O)OC(C)(C)C)C2)C1. The van der Waals surface area contributed by atoms with Crippen LogP contribution < -0.4 is 0 Å². The van der Waals surface area contributed by atoms with Crippen molar-refractivity contribution in [2.45, 2.75) is 44.9 Å². The lowest BCUT2D eigenvalue weighted by molar-refractivity contribution is -0.0487. The van der Waals surface area contributed by atoms with Gasteiger partial charge in [0.25, 0.3) is 0 Å². The molecule has 104 valence electrons. The van der Waals surface area contributed by atoms with Gasteiger partial charge in [-0.2, -0.15) is 0 Å². The van der Waals surface area contributed by atoms with Gasteiger partial charge in [-0.15, -0.1) is 0 Å². The molecule has 0 radical (unpaired) electrons. The Kier molecular flexibility index (Phi) is 3.82. The number of methoxy groups -OCH3 is 1. The Labute approximate surface area is 109 Å². The highest BCUT2D eigenvalue weighted by Crippen LogP contribution is 2.23. The van der Waals surface area contributed by atoms with E-state index in [1.807, 2.05) is 25.7 Å². The molecule has 0 unspecified atom stereocenters. The van der Waals surface area contributed by atoms with Crippen LogP contribution in [0.3, 0.4) is 0 Å². The zero-order valence-electron chi connectivity index (χ0n) is 11.8. The van der Waals surface area contributed by atoms with E-state index in [1.165, 1.54) is 0 Å². The molecule has 2 saturated heterocycles. The van der Waals surface area contributed by atoms with Gasteiger partial charge in [-0.25, -0.2) is 4.79 Å². The Bertz CT molecular complexity index is 308. The van der Waals surface area contributed by atoms with E-state index in [0.717, 1.165) is 32.6 Å². The van der Waals surface area contributed by atoms with Gasteiger partial charge in [0.1, 0.15) is 5.60 Å². The number of rotatable bonds is 2. The van der Waals surface area contributed by atoms with E-state index in [4.69, 9.17) is 9.47 Å². The van der Waals surface area contributed by atoms with Crippen LogP contribution in [0.4, 0.5) is 4.79 Å². The summed E-state index contributed by atoms with van der Waals surface area (Å²) in [6.07, 6.45) is 1.23. The first kappa shape index (κ1) is 13.6.